The summed E-state index contributed by atoms with van der Waals surface area (Å²) in [4.78, 5) is 8.95. The lowest BCUT2D eigenvalue weighted by Crippen LogP contribution is -2.43. The third-order valence-electron chi connectivity index (χ3n) is 4.53. The summed E-state index contributed by atoms with van der Waals surface area (Å²) in [5.74, 6) is -0.840. The molecule has 0 fully saturated rings. The molecule has 0 heterocycles. The summed E-state index contributed by atoms with van der Waals surface area (Å²) in [6.45, 7) is 3.06. The Bertz CT molecular complexity index is 429. The maximum atomic E-state index is 11.6. The molecule has 0 spiro atoms. The van der Waals surface area contributed by atoms with E-state index in [1.807, 2.05) is 0 Å². The van der Waals surface area contributed by atoms with Crippen LogP contribution in [-0.2, 0) is 14.9 Å². The highest BCUT2D eigenvalue weighted by Gasteiger charge is 2.42. The first-order valence-corrected chi connectivity index (χ1v) is 10.9. The van der Waals surface area contributed by atoms with Gasteiger partial charge in [0, 0.05) is 6.42 Å². The zero-order valence-electron chi connectivity index (χ0n) is 15.4. The Balaban J connectivity index is 3.47. The van der Waals surface area contributed by atoms with Gasteiger partial charge in [-0.1, -0.05) is 84.0 Å². The summed E-state index contributed by atoms with van der Waals surface area (Å²) in [5, 5.41) is 9.52. The van der Waals surface area contributed by atoms with E-state index in [-0.39, 0.29) is 6.42 Å². The van der Waals surface area contributed by atoms with Crippen LogP contribution in [-0.4, -0.2) is 28.8 Å². The highest BCUT2D eigenvalue weighted by Crippen LogP contribution is 2.18. The van der Waals surface area contributed by atoms with Crippen molar-refractivity contribution in [1.82, 2.24) is 0 Å². The maximum Gasteiger partial charge on any atom is 0.302 e. The third kappa shape index (κ3) is 10.4. The molecule has 0 saturated carbocycles. The number of hydrogen-bond acceptors (Lipinski definition) is 4. The molecule has 0 amide bonds. The molecule has 24 heavy (non-hydrogen) atoms. The number of unbranched alkanes of at least 4 members (excludes halogenated alkanes) is 12. The van der Waals surface area contributed by atoms with Gasteiger partial charge in [-0.15, -0.1) is 0 Å². The van der Waals surface area contributed by atoms with E-state index in [2.05, 4.69) is 6.92 Å². The van der Waals surface area contributed by atoms with Gasteiger partial charge in [-0.3, -0.25) is 9.35 Å². The minimum Gasteiger partial charge on any atom is -0.367 e. The smallest absolute Gasteiger partial charge is 0.302 e. The third-order valence-corrected chi connectivity index (χ3v) is 5.76. The summed E-state index contributed by atoms with van der Waals surface area (Å²) in [6.07, 6.45) is 15.3. The number of carbonyl (C=O) groups excluding carboxylic acids is 1. The van der Waals surface area contributed by atoms with E-state index in [4.69, 9.17) is 4.55 Å². The molecule has 1 unspecified atom stereocenters. The lowest BCUT2D eigenvalue weighted by molar-refractivity contribution is -0.129. The van der Waals surface area contributed by atoms with Crippen molar-refractivity contribution >= 4 is 15.9 Å². The molecule has 0 aliphatic heterocycles. The number of Topliss-reactive ketones (excluding diaryl/α,β-unsaturated/α-hetero) is 1. The fourth-order valence-corrected chi connectivity index (χ4v) is 3.07. The van der Waals surface area contributed by atoms with Crippen LogP contribution in [0.15, 0.2) is 0 Å². The summed E-state index contributed by atoms with van der Waals surface area (Å²) < 4.78 is 30.6. The van der Waals surface area contributed by atoms with E-state index in [1.165, 1.54) is 57.8 Å². The lowest BCUT2D eigenvalue weighted by Gasteiger charge is -2.17. The standard InChI is InChI=1S/C18H36O5S/c1-3-4-5-6-7-8-9-10-11-12-13-14-15-16-17(19)18(2,20)24(21,22)23/h20H,3-16H2,1-2H3,(H,21,22,23). The van der Waals surface area contributed by atoms with Gasteiger partial charge in [-0.25, -0.2) is 0 Å². The summed E-state index contributed by atoms with van der Waals surface area (Å²) in [5.41, 5.74) is 0. The zero-order chi connectivity index (χ0) is 18.5. The molecule has 0 aromatic carbocycles. The Morgan fingerprint density at radius 3 is 1.46 bits per heavy atom. The summed E-state index contributed by atoms with van der Waals surface area (Å²) >= 11 is 0. The topological polar surface area (TPSA) is 91.7 Å². The average molecular weight is 365 g/mol. The van der Waals surface area contributed by atoms with Crippen LogP contribution < -0.4 is 0 Å². The van der Waals surface area contributed by atoms with Gasteiger partial charge in [0.2, 0.25) is 4.93 Å². The van der Waals surface area contributed by atoms with Gasteiger partial charge in [0.1, 0.15) is 0 Å². The minimum absolute atomic E-state index is 0.0233. The fourth-order valence-electron chi connectivity index (χ4n) is 2.68. The van der Waals surface area contributed by atoms with Gasteiger partial charge in [-0.2, -0.15) is 8.42 Å². The molecule has 0 aliphatic carbocycles. The van der Waals surface area contributed by atoms with Crippen molar-refractivity contribution in [2.24, 2.45) is 0 Å². The van der Waals surface area contributed by atoms with Gasteiger partial charge in [0.25, 0.3) is 0 Å². The van der Waals surface area contributed by atoms with Crippen LogP contribution in [0.2, 0.25) is 0 Å². The van der Waals surface area contributed by atoms with Crippen LogP contribution in [0.3, 0.4) is 0 Å². The van der Waals surface area contributed by atoms with Crippen molar-refractivity contribution in [3.05, 3.63) is 0 Å². The van der Waals surface area contributed by atoms with Gasteiger partial charge in [0.05, 0.1) is 0 Å². The van der Waals surface area contributed by atoms with E-state index in [1.54, 1.807) is 0 Å². The van der Waals surface area contributed by atoms with Crippen molar-refractivity contribution < 1.29 is 22.9 Å². The van der Waals surface area contributed by atoms with Gasteiger partial charge in [0.15, 0.2) is 5.78 Å². The molecule has 6 heteroatoms. The van der Waals surface area contributed by atoms with E-state index in [0.717, 1.165) is 26.2 Å². The van der Waals surface area contributed by atoms with Crippen LogP contribution in [0.4, 0.5) is 0 Å². The first-order chi connectivity index (χ1) is 11.2. The number of rotatable bonds is 16. The zero-order valence-corrected chi connectivity index (χ0v) is 16.2. The van der Waals surface area contributed by atoms with E-state index >= 15 is 0 Å². The number of hydrogen-bond donors (Lipinski definition) is 2. The fraction of sp³-hybridized carbons (Fsp3) is 0.944. The maximum absolute atomic E-state index is 11.6. The molecule has 144 valence electrons. The Labute approximate surface area is 148 Å². The van der Waals surface area contributed by atoms with E-state index in [0.29, 0.717) is 6.42 Å². The molecule has 1 atom stereocenters. The molecule has 0 aliphatic rings. The van der Waals surface area contributed by atoms with Crippen molar-refractivity contribution in [3.8, 4) is 0 Å². The van der Waals surface area contributed by atoms with Crippen LogP contribution in [0.1, 0.15) is 104 Å². The first-order valence-electron chi connectivity index (χ1n) is 9.46. The molecule has 0 aromatic rings. The second kappa shape index (κ2) is 12.8. The predicted molar refractivity (Wildman–Crippen MR) is 97.5 cm³/mol. The van der Waals surface area contributed by atoms with Gasteiger partial charge >= 0.3 is 10.1 Å². The molecule has 0 rings (SSSR count). The second-order valence-corrected chi connectivity index (χ2v) is 8.62. The van der Waals surface area contributed by atoms with Crippen LogP contribution in [0.25, 0.3) is 0 Å². The summed E-state index contributed by atoms with van der Waals surface area (Å²) in [6, 6.07) is 0. The van der Waals surface area contributed by atoms with E-state index in [9.17, 15) is 18.3 Å². The lowest BCUT2D eigenvalue weighted by atomic mass is 10.0. The number of aliphatic hydroxyl groups is 1. The molecule has 0 radical (unpaired) electrons. The second-order valence-electron chi connectivity index (χ2n) is 6.87. The normalized spacial score (nSPS) is 14.5. The molecule has 0 saturated heterocycles. The highest BCUT2D eigenvalue weighted by molar-refractivity contribution is 7.87. The van der Waals surface area contributed by atoms with Gasteiger partial charge in [-0.05, 0) is 13.3 Å². The molecular formula is C18H36O5S. The van der Waals surface area contributed by atoms with E-state index < -0.39 is 20.8 Å². The molecule has 2 N–H and O–H groups in total. The number of carbonyl (C=O) groups is 1. The van der Waals surface area contributed by atoms with Crippen molar-refractivity contribution in [2.45, 2.75) is 109 Å². The van der Waals surface area contributed by atoms with Crippen molar-refractivity contribution in [2.75, 3.05) is 0 Å². The Kier molecular flexibility index (Phi) is 12.6. The monoisotopic (exact) mass is 364 g/mol. The molecule has 0 bridgehead atoms. The predicted octanol–water partition coefficient (Wildman–Crippen LogP) is 4.63. The Morgan fingerprint density at radius 2 is 1.12 bits per heavy atom. The molecular weight excluding hydrogens is 328 g/mol. The Morgan fingerprint density at radius 1 is 0.792 bits per heavy atom. The van der Waals surface area contributed by atoms with Crippen molar-refractivity contribution in [3.63, 3.8) is 0 Å². The average Bonchev–Trinajstić information content (AvgIpc) is 2.50. The molecule has 5 nitrogen and oxygen atoms in total. The number of ketones is 1. The van der Waals surface area contributed by atoms with Crippen molar-refractivity contribution in [1.29, 1.82) is 0 Å². The SMILES string of the molecule is CCCCCCCCCCCCCCCC(=O)C(C)(O)S(=O)(=O)O. The van der Waals surface area contributed by atoms with Crippen LogP contribution >= 0.6 is 0 Å². The van der Waals surface area contributed by atoms with Crippen LogP contribution in [0.5, 0.6) is 0 Å². The summed E-state index contributed by atoms with van der Waals surface area (Å²) in [7, 11) is -4.76. The van der Waals surface area contributed by atoms with Gasteiger partial charge < -0.3 is 5.11 Å². The first kappa shape index (κ1) is 23.5. The largest absolute Gasteiger partial charge is 0.367 e. The quantitative estimate of drug-likeness (QED) is 0.308. The van der Waals surface area contributed by atoms with Crippen LogP contribution in [0, 0.1) is 0 Å². The highest BCUT2D eigenvalue weighted by atomic mass is 32.2. The Hall–Kier alpha value is -0.460. The molecule has 0 aromatic heterocycles. The minimum atomic E-state index is -4.76.